The summed E-state index contributed by atoms with van der Waals surface area (Å²) < 4.78 is 0. The summed E-state index contributed by atoms with van der Waals surface area (Å²) >= 11 is 0. The molecule has 0 aromatic carbocycles. The number of hydrogen-bond acceptors (Lipinski definition) is 3. The van der Waals surface area contributed by atoms with Crippen molar-refractivity contribution < 1.29 is 14.7 Å². The van der Waals surface area contributed by atoms with Crippen LogP contribution >= 0.6 is 0 Å². The molecule has 2 aliphatic carbocycles. The molecule has 3 aliphatic rings. The molecule has 0 aromatic rings. The molecule has 5 nitrogen and oxygen atoms in total. The molecule has 1 heterocycles. The quantitative estimate of drug-likeness (QED) is 0.771. The molecule has 20 heavy (non-hydrogen) atoms. The minimum Gasteiger partial charge on any atom is -0.481 e. The predicted molar refractivity (Wildman–Crippen MR) is 74.0 cm³/mol. The number of hydrogen-bond donors (Lipinski definition) is 1. The molecule has 3 rings (SSSR count). The molecule has 1 aliphatic heterocycles. The second-order valence-electron chi connectivity index (χ2n) is 6.10. The van der Waals surface area contributed by atoms with E-state index in [1.807, 2.05) is 11.0 Å². The van der Waals surface area contributed by atoms with Gasteiger partial charge in [-0.1, -0.05) is 19.1 Å². The van der Waals surface area contributed by atoms with Gasteiger partial charge in [0.2, 0.25) is 5.91 Å². The maximum Gasteiger partial charge on any atom is 0.307 e. The first kappa shape index (κ1) is 13.6. The van der Waals surface area contributed by atoms with Crippen LogP contribution in [0.15, 0.2) is 12.2 Å². The van der Waals surface area contributed by atoms with Crippen LogP contribution in [-0.2, 0) is 9.59 Å². The van der Waals surface area contributed by atoms with E-state index in [0.29, 0.717) is 0 Å². The van der Waals surface area contributed by atoms with Crippen molar-refractivity contribution in [3.8, 4) is 0 Å². The van der Waals surface area contributed by atoms with Gasteiger partial charge in [-0.15, -0.1) is 0 Å². The fourth-order valence-corrected chi connectivity index (χ4v) is 3.99. The second kappa shape index (κ2) is 5.20. The number of amides is 1. The summed E-state index contributed by atoms with van der Waals surface area (Å²) in [7, 11) is 0. The lowest BCUT2D eigenvalue weighted by atomic mass is 9.82. The molecule has 1 saturated carbocycles. The van der Waals surface area contributed by atoms with Crippen LogP contribution in [0.2, 0.25) is 0 Å². The highest BCUT2D eigenvalue weighted by molar-refractivity contribution is 5.87. The first-order valence-electron chi connectivity index (χ1n) is 7.54. The predicted octanol–water partition coefficient (Wildman–Crippen LogP) is 0.673. The Morgan fingerprint density at radius 1 is 1.10 bits per heavy atom. The van der Waals surface area contributed by atoms with Gasteiger partial charge in [0.25, 0.3) is 0 Å². The van der Waals surface area contributed by atoms with Gasteiger partial charge < -0.3 is 14.9 Å². The molecule has 110 valence electrons. The lowest BCUT2D eigenvalue weighted by Crippen LogP contribution is -2.52. The summed E-state index contributed by atoms with van der Waals surface area (Å²) in [5.41, 5.74) is 0. The molecule has 0 unspecified atom stereocenters. The van der Waals surface area contributed by atoms with Gasteiger partial charge in [-0.3, -0.25) is 9.59 Å². The largest absolute Gasteiger partial charge is 0.481 e. The Morgan fingerprint density at radius 2 is 1.70 bits per heavy atom. The summed E-state index contributed by atoms with van der Waals surface area (Å²) in [6.45, 7) is 6.40. The Balaban J connectivity index is 1.71. The van der Waals surface area contributed by atoms with Gasteiger partial charge in [0.05, 0.1) is 11.8 Å². The number of allylic oxidation sites excluding steroid dienone is 2. The molecular formula is C15H22N2O3. The van der Waals surface area contributed by atoms with Crippen LogP contribution in [0.4, 0.5) is 0 Å². The highest BCUT2D eigenvalue weighted by Gasteiger charge is 2.52. The van der Waals surface area contributed by atoms with E-state index < -0.39 is 11.9 Å². The molecule has 1 amide bonds. The van der Waals surface area contributed by atoms with Gasteiger partial charge in [0.15, 0.2) is 0 Å². The molecule has 4 atom stereocenters. The third-order valence-corrected chi connectivity index (χ3v) is 5.16. The fourth-order valence-electron chi connectivity index (χ4n) is 3.99. The molecule has 1 N–H and O–H groups in total. The Morgan fingerprint density at radius 3 is 2.25 bits per heavy atom. The third-order valence-electron chi connectivity index (χ3n) is 5.16. The van der Waals surface area contributed by atoms with E-state index in [0.717, 1.165) is 39.1 Å². The number of nitrogens with zero attached hydrogens (tertiary/aromatic N) is 2. The first-order chi connectivity index (χ1) is 9.61. The summed E-state index contributed by atoms with van der Waals surface area (Å²) in [4.78, 5) is 28.4. The average molecular weight is 278 g/mol. The number of carbonyl (C=O) groups is 2. The number of piperazine rings is 1. The van der Waals surface area contributed by atoms with E-state index in [1.54, 1.807) is 0 Å². The molecule has 0 spiro atoms. The smallest absolute Gasteiger partial charge is 0.307 e. The highest BCUT2D eigenvalue weighted by Crippen LogP contribution is 2.48. The van der Waals surface area contributed by atoms with Crippen molar-refractivity contribution in [1.82, 2.24) is 9.80 Å². The van der Waals surface area contributed by atoms with Crippen molar-refractivity contribution in [1.29, 1.82) is 0 Å². The topological polar surface area (TPSA) is 60.9 Å². The van der Waals surface area contributed by atoms with Crippen molar-refractivity contribution >= 4 is 11.9 Å². The van der Waals surface area contributed by atoms with Gasteiger partial charge in [-0.25, -0.2) is 0 Å². The zero-order valence-electron chi connectivity index (χ0n) is 11.9. The SMILES string of the molecule is CCN1CCN(C(=O)[C@H]2[C@H](C(=O)O)[C@H]3C=C[C@H]2C3)CC1. The van der Waals surface area contributed by atoms with E-state index in [9.17, 15) is 14.7 Å². The lowest BCUT2D eigenvalue weighted by Gasteiger charge is -2.37. The second-order valence-corrected chi connectivity index (χ2v) is 6.10. The van der Waals surface area contributed by atoms with E-state index in [2.05, 4.69) is 17.9 Å². The van der Waals surface area contributed by atoms with Crippen LogP contribution in [0.5, 0.6) is 0 Å². The van der Waals surface area contributed by atoms with E-state index in [4.69, 9.17) is 0 Å². The highest BCUT2D eigenvalue weighted by atomic mass is 16.4. The normalized spacial score (nSPS) is 36.5. The number of carboxylic acid groups (broad SMARTS) is 1. The van der Waals surface area contributed by atoms with Gasteiger partial charge in [0.1, 0.15) is 0 Å². The molecule has 2 fully saturated rings. The van der Waals surface area contributed by atoms with Crippen LogP contribution in [0, 0.1) is 23.7 Å². The summed E-state index contributed by atoms with van der Waals surface area (Å²) in [5, 5.41) is 9.42. The summed E-state index contributed by atoms with van der Waals surface area (Å²) in [6.07, 6.45) is 4.87. The van der Waals surface area contributed by atoms with Crippen molar-refractivity contribution in [3.05, 3.63) is 12.2 Å². The number of likely N-dealkylation sites (N-methyl/N-ethyl adjacent to an activating group) is 1. The maximum atomic E-state index is 12.7. The Hall–Kier alpha value is -1.36. The summed E-state index contributed by atoms with van der Waals surface area (Å²) in [6, 6.07) is 0. The monoisotopic (exact) mass is 278 g/mol. The number of fused-ring (bicyclic) bond motifs is 2. The Kier molecular flexibility index (Phi) is 3.54. The van der Waals surface area contributed by atoms with Crippen molar-refractivity contribution in [2.75, 3.05) is 32.7 Å². The Bertz CT molecular complexity index is 440. The standard InChI is InChI=1S/C15H22N2O3/c1-2-16-5-7-17(8-6-16)14(18)12-10-3-4-11(9-10)13(12)15(19)20/h3-4,10-13H,2,5-9H2,1H3,(H,19,20)/t10-,11-,12+,13+/m0/s1. The molecule has 2 bridgehead atoms. The minimum atomic E-state index is -0.813. The van der Waals surface area contributed by atoms with Crippen molar-refractivity contribution in [2.24, 2.45) is 23.7 Å². The third kappa shape index (κ3) is 2.14. The average Bonchev–Trinajstić information content (AvgIpc) is 3.07. The van der Waals surface area contributed by atoms with E-state index >= 15 is 0 Å². The lowest BCUT2D eigenvalue weighted by molar-refractivity contribution is -0.151. The van der Waals surface area contributed by atoms with Crippen LogP contribution < -0.4 is 0 Å². The number of carboxylic acids is 1. The van der Waals surface area contributed by atoms with Crippen LogP contribution in [-0.4, -0.2) is 59.5 Å². The van der Waals surface area contributed by atoms with E-state index in [1.165, 1.54) is 0 Å². The molecule has 5 heteroatoms. The maximum absolute atomic E-state index is 12.7. The first-order valence-corrected chi connectivity index (χ1v) is 7.54. The Labute approximate surface area is 119 Å². The van der Waals surface area contributed by atoms with Crippen molar-refractivity contribution in [3.63, 3.8) is 0 Å². The van der Waals surface area contributed by atoms with Gasteiger partial charge >= 0.3 is 5.97 Å². The van der Waals surface area contributed by atoms with Crippen LogP contribution in [0.1, 0.15) is 13.3 Å². The van der Waals surface area contributed by atoms with Crippen molar-refractivity contribution in [2.45, 2.75) is 13.3 Å². The van der Waals surface area contributed by atoms with Gasteiger partial charge in [0, 0.05) is 26.2 Å². The number of aliphatic carboxylic acids is 1. The molecule has 0 aromatic heterocycles. The molecule has 1 saturated heterocycles. The number of carbonyl (C=O) groups excluding carboxylic acids is 1. The number of rotatable bonds is 3. The molecule has 0 radical (unpaired) electrons. The van der Waals surface area contributed by atoms with Gasteiger partial charge in [-0.05, 0) is 24.8 Å². The zero-order chi connectivity index (χ0) is 14.3. The molecular weight excluding hydrogens is 256 g/mol. The minimum absolute atomic E-state index is 0.0587. The zero-order valence-corrected chi connectivity index (χ0v) is 11.9. The summed E-state index contributed by atoms with van der Waals surface area (Å²) in [5.74, 6) is -1.41. The van der Waals surface area contributed by atoms with Gasteiger partial charge in [-0.2, -0.15) is 0 Å². The van der Waals surface area contributed by atoms with Crippen LogP contribution in [0.25, 0.3) is 0 Å². The van der Waals surface area contributed by atoms with Crippen LogP contribution in [0.3, 0.4) is 0 Å². The fraction of sp³-hybridized carbons (Fsp3) is 0.733. The van der Waals surface area contributed by atoms with E-state index in [-0.39, 0.29) is 23.7 Å².